The Hall–Kier alpha value is -3.48. The van der Waals surface area contributed by atoms with Gasteiger partial charge >= 0.3 is 0 Å². The zero-order chi connectivity index (χ0) is 20.1. The normalized spacial score (nSPS) is 16.3. The number of nitrogens with zero attached hydrogens (tertiary/aromatic N) is 4. The van der Waals surface area contributed by atoms with Gasteiger partial charge in [-0.3, -0.25) is 14.8 Å². The summed E-state index contributed by atoms with van der Waals surface area (Å²) in [7, 11) is 1.61. The van der Waals surface area contributed by atoms with Gasteiger partial charge in [0.1, 0.15) is 11.5 Å². The first kappa shape index (κ1) is 18.9. The molecule has 1 fully saturated rings. The molecule has 1 atom stereocenters. The molecule has 7 heteroatoms. The number of pyridine rings is 1. The van der Waals surface area contributed by atoms with Crippen LogP contribution in [0.5, 0.6) is 17.4 Å². The molecule has 1 aliphatic heterocycles. The maximum atomic E-state index is 12.8. The Kier molecular flexibility index (Phi) is 5.65. The third-order valence-electron chi connectivity index (χ3n) is 4.95. The summed E-state index contributed by atoms with van der Waals surface area (Å²) >= 11 is 0. The number of carbonyl (C=O) groups is 1. The van der Waals surface area contributed by atoms with Gasteiger partial charge in [0.05, 0.1) is 19.0 Å². The number of benzene rings is 1. The zero-order valence-corrected chi connectivity index (χ0v) is 16.2. The van der Waals surface area contributed by atoms with E-state index in [4.69, 9.17) is 9.47 Å². The standard InChI is InChI=1S/C22H22N4O3/c1-28-18-5-2-6-19(12-18)29-21-14-24-13-20(25-21)17-4-3-11-26(15-17)22(27)16-7-9-23-10-8-16/h2,5-10,12-14,17H,3-4,11,15H2,1H3/t17-/m1/s1. The minimum Gasteiger partial charge on any atom is -0.497 e. The van der Waals surface area contributed by atoms with E-state index in [-0.39, 0.29) is 11.8 Å². The molecule has 0 saturated carbocycles. The molecule has 0 bridgehead atoms. The number of rotatable bonds is 5. The van der Waals surface area contributed by atoms with E-state index in [1.165, 1.54) is 0 Å². The van der Waals surface area contributed by atoms with Crippen molar-refractivity contribution >= 4 is 5.91 Å². The molecule has 0 unspecified atom stereocenters. The van der Waals surface area contributed by atoms with Crippen LogP contribution >= 0.6 is 0 Å². The summed E-state index contributed by atoms with van der Waals surface area (Å²) in [5.41, 5.74) is 1.49. The molecule has 2 aromatic heterocycles. The molecule has 1 aromatic carbocycles. The van der Waals surface area contributed by atoms with Crippen LogP contribution in [-0.4, -0.2) is 46.0 Å². The number of carbonyl (C=O) groups excluding carboxylic acids is 1. The molecule has 1 aliphatic rings. The van der Waals surface area contributed by atoms with Crippen LogP contribution in [-0.2, 0) is 0 Å². The van der Waals surface area contributed by atoms with E-state index in [1.54, 1.807) is 50.1 Å². The van der Waals surface area contributed by atoms with Crippen LogP contribution in [0.4, 0.5) is 0 Å². The molecule has 7 nitrogen and oxygen atoms in total. The number of hydrogen-bond donors (Lipinski definition) is 0. The first-order valence-electron chi connectivity index (χ1n) is 9.56. The molecule has 3 aromatic rings. The van der Waals surface area contributed by atoms with Gasteiger partial charge in [0.15, 0.2) is 0 Å². The highest BCUT2D eigenvalue weighted by atomic mass is 16.5. The molecule has 1 amide bonds. The van der Waals surface area contributed by atoms with E-state index >= 15 is 0 Å². The van der Waals surface area contributed by atoms with Gasteiger partial charge in [-0.1, -0.05) is 6.07 Å². The lowest BCUT2D eigenvalue weighted by Gasteiger charge is -2.32. The van der Waals surface area contributed by atoms with Crippen LogP contribution in [0.15, 0.2) is 61.2 Å². The van der Waals surface area contributed by atoms with Gasteiger partial charge in [-0.15, -0.1) is 0 Å². The van der Waals surface area contributed by atoms with Crippen LogP contribution in [0.1, 0.15) is 34.8 Å². The van der Waals surface area contributed by atoms with Crippen LogP contribution < -0.4 is 9.47 Å². The average molecular weight is 390 g/mol. The molecule has 1 saturated heterocycles. The summed E-state index contributed by atoms with van der Waals surface area (Å²) in [6.07, 6.45) is 8.50. The summed E-state index contributed by atoms with van der Waals surface area (Å²) in [6.45, 7) is 1.35. The molecule has 29 heavy (non-hydrogen) atoms. The lowest BCUT2D eigenvalue weighted by atomic mass is 9.94. The van der Waals surface area contributed by atoms with E-state index in [1.807, 2.05) is 23.1 Å². The van der Waals surface area contributed by atoms with Gasteiger partial charge in [-0.2, -0.15) is 0 Å². The number of likely N-dealkylation sites (tertiary alicyclic amines) is 1. The fraction of sp³-hybridized carbons (Fsp3) is 0.273. The van der Waals surface area contributed by atoms with E-state index < -0.39 is 0 Å². The highest BCUT2D eigenvalue weighted by Crippen LogP contribution is 2.29. The molecule has 4 rings (SSSR count). The van der Waals surface area contributed by atoms with Crippen molar-refractivity contribution in [1.82, 2.24) is 19.9 Å². The lowest BCUT2D eigenvalue weighted by Crippen LogP contribution is -2.39. The van der Waals surface area contributed by atoms with Crippen molar-refractivity contribution in [3.05, 3.63) is 72.4 Å². The Morgan fingerprint density at radius 3 is 2.76 bits per heavy atom. The van der Waals surface area contributed by atoms with E-state index in [0.29, 0.717) is 29.5 Å². The van der Waals surface area contributed by atoms with Crippen molar-refractivity contribution in [2.45, 2.75) is 18.8 Å². The second kappa shape index (κ2) is 8.68. The fourth-order valence-electron chi connectivity index (χ4n) is 3.47. The van der Waals surface area contributed by atoms with Crippen LogP contribution in [0.25, 0.3) is 0 Å². The monoisotopic (exact) mass is 390 g/mol. The molecule has 3 heterocycles. The van der Waals surface area contributed by atoms with Crippen molar-refractivity contribution in [3.8, 4) is 17.4 Å². The number of piperidine rings is 1. The van der Waals surface area contributed by atoms with Crippen LogP contribution in [0.2, 0.25) is 0 Å². The third-order valence-corrected chi connectivity index (χ3v) is 4.95. The summed E-state index contributed by atoms with van der Waals surface area (Å²) in [5, 5.41) is 0. The predicted octanol–water partition coefficient (Wildman–Crippen LogP) is 3.69. The number of amides is 1. The second-order valence-corrected chi connectivity index (χ2v) is 6.89. The number of aromatic nitrogens is 3. The Bertz CT molecular complexity index is 981. The van der Waals surface area contributed by atoms with Crippen LogP contribution in [0.3, 0.4) is 0 Å². The minimum absolute atomic E-state index is 0.0221. The molecule has 0 N–H and O–H groups in total. The highest BCUT2D eigenvalue weighted by Gasteiger charge is 2.26. The fourth-order valence-corrected chi connectivity index (χ4v) is 3.47. The maximum absolute atomic E-state index is 12.8. The molecular formula is C22H22N4O3. The summed E-state index contributed by atoms with van der Waals surface area (Å²) < 4.78 is 11.1. The van der Waals surface area contributed by atoms with E-state index in [0.717, 1.165) is 25.1 Å². The Morgan fingerprint density at radius 2 is 1.93 bits per heavy atom. The Balaban J connectivity index is 1.48. The highest BCUT2D eigenvalue weighted by molar-refractivity contribution is 5.94. The minimum atomic E-state index is 0.0221. The average Bonchev–Trinajstić information content (AvgIpc) is 2.79. The topological polar surface area (TPSA) is 77.4 Å². The molecular weight excluding hydrogens is 368 g/mol. The smallest absolute Gasteiger partial charge is 0.253 e. The van der Waals surface area contributed by atoms with Gasteiger partial charge in [-0.25, -0.2) is 4.98 Å². The number of methoxy groups -OCH3 is 1. The van der Waals surface area contributed by atoms with E-state index in [2.05, 4.69) is 15.0 Å². The Morgan fingerprint density at radius 1 is 1.10 bits per heavy atom. The van der Waals surface area contributed by atoms with Gasteiger partial charge < -0.3 is 14.4 Å². The number of hydrogen-bond acceptors (Lipinski definition) is 6. The Labute approximate surface area is 169 Å². The van der Waals surface area contributed by atoms with Crippen molar-refractivity contribution in [2.24, 2.45) is 0 Å². The second-order valence-electron chi connectivity index (χ2n) is 6.89. The SMILES string of the molecule is COc1cccc(Oc2cncc([C@@H]3CCCN(C(=O)c4ccncc4)C3)n2)c1. The van der Waals surface area contributed by atoms with Crippen molar-refractivity contribution in [3.63, 3.8) is 0 Å². The van der Waals surface area contributed by atoms with Crippen molar-refractivity contribution < 1.29 is 14.3 Å². The largest absolute Gasteiger partial charge is 0.497 e. The summed E-state index contributed by atoms with van der Waals surface area (Å²) in [5.74, 6) is 1.91. The van der Waals surface area contributed by atoms with Gasteiger partial charge in [-0.05, 0) is 37.1 Å². The molecule has 148 valence electrons. The number of ether oxygens (including phenoxy) is 2. The lowest BCUT2D eigenvalue weighted by molar-refractivity contribution is 0.0705. The van der Waals surface area contributed by atoms with E-state index in [9.17, 15) is 4.79 Å². The van der Waals surface area contributed by atoms with Gasteiger partial charge in [0, 0.05) is 49.2 Å². The summed E-state index contributed by atoms with van der Waals surface area (Å²) in [4.78, 5) is 27.6. The predicted molar refractivity (Wildman–Crippen MR) is 107 cm³/mol. The molecule has 0 aliphatic carbocycles. The van der Waals surface area contributed by atoms with Crippen molar-refractivity contribution in [1.29, 1.82) is 0 Å². The first-order chi connectivity index (χ1) is 14.2. The van der Waals surface area contributed by atoms with Gasteiger partial charge in [0.25, 0.3) is 5.91 Å². The molecule has 0 radical (unpaired) electrons. The zero-order valence-electron chi connectivity index (χ0n) is 16.2. The molecule has 0 spiro atoms. The maximum Gasteiger partial charge on any atom is 0.253 e. The van der Waals surface area contributed by atoms with Crippen LogP contribution in [0, 0.1) is 0 Å². The first-order valence-corrected chi connectivity index (χ1v) is 9.56. The van der Waals surface area contributed by atoms with Gasteiger partial charge in [0.2, 0.25) is 5.88 Å². The summed E-state index contributed by atoms with van der Waals surface area (Å²) in [6, 6.07) is 10.8. The third kappa shape index (κ3) is 4.51. The van der Waals surface area contributed by atoms with Crippen molar-refractivity contribution in [2.75, 3.05) is 20.2 Å². The quantitative estimate of drug-likeness (QED) is 0.661.